The van der Waals surface area contributed by atoms with Crippen LogP contribution in [0.4, 0.5) is 16.0 Å². The SMILES string of the molecule is Cl.[C-]#[N+]c1ccc2nc(N3CC[C@@H](F)C(N)C3)n(Cc3ncc(C)cn3)c2c1. The number of aromatic nitrogens is 4. The van der Waals surface area contributed by atoms with Crippen molar-refractivity contribution >= 4 is 35.1 Å². The molecule has 9 heteroatoms. The van der Waals surface area contributed by atoms with E-state index in [0.717, 1.165) is 16.6 Å². The number of alkyl halides is 1. The van der Waals surface area contributed by atoms with Crippen LogP contribution >= 0.6 is 12.4 Å². The van der Waals surface area contributed by atoms with Gasteiger partial charge in [-0.1, -0.05) is 6.07 Å². The predicted molar refractivity (Wildman–Crippen MR) is 109 cm³/mol. The molecule has 3 heterocycles. The van der Waals surface area contributed by atoms with Crippen LogP contribution in [0.3, 0.4) is 0 Å². The fourth-order valence-electron chi connectivity index (χ4n) is 3.34. The summed E-state index contributed by atoms with van der Waals surface area (Å²) in [6, 6.07) is 4.86. The minimum Gasteiger partial charge on any atom is -0.340 e. The zero-order valence-corrected chi connectivity index (χ0v) is 16.2. The minimum absolute atomic E-state index is 0. The third-order valence-electron chi connectivity index (χ3n) is 4.83. The molecule has 1 unspecified atom stereocenters. The molecule has 4 rings (SSSR count). The first-order valence-electron chi connectivity index (χ1n) is 8.85. The zero-order chi connectivity index (χ0) is 19.0. The lowest BCUT2D eigenvalue weighted by atomic mass is 10.1. The number of hydrogen-bond donors (Lipinski definition) is 1. The molecule has 1 aromatic carbocycles. The molecule has 7 nitrogen and oxygen atoms in total. The van der Waals surface area contributed by atoms with Gasteiger partial charge in [-0.15, -0.1) is 12.4 Å². The van der Waals surface area contributed by atoms with Crippen LogP contribution in [0.2, 0.25) is 0 Å². The van der Waals surface area contributed by atoms with Gasteiger partial charge in [0.25, 0.3) is 0 Å². The number of hydrogen-bond acceptors (Lipinski definition) is 5. The van der Waals surface area contributed by atoms with Gasteiger partial charge >= 0.3 is 0 Å². The maximum absolute atomic E-state index is 13.8. The fourth-order valence-corrected chi connectivity index (χ4v) is 3.34. The molecule has 0 aliphatic carbocycles. The lowest BCUT2D eigenvalue weighted by Crippen LogP contribution is -2.50. The van der Waals surface area contributed by atoms with Crippen LogP contribution in [-0.2, 0) is 6.54 Å². The van der Waals surface area contributed by atoms with Crippen molar-refractivity contribution in [1.29, 1.82) is 0 Å². The van der Waals surface area contributed by atoms with Gasteiger partial charge in [-0.05, 0) is 31.0 Å². The summed E-state index contributed by atoms with van der Waals surface area (Å²) >= 11 is 0. The van der Waals surface area contributed by atoms with Crippen molar-refractivity contribution in [2.24, 2.45) is 5.73 Å². The molecule has 146 valence electrons. The molecule has 28 heavy (non-hydrogen) atoms. The van der Waals surface area contributed by atoms with Crippen LogP contribution < -0.4 is 10.6 Å². The van der Waals surface area contributed by atoms with Crippen molar-refractivity contribution in [2.45, 2.75) is 32.1 Å². The van der Waals surface area contributed by atoms with E-state index in [9.17, 15) is 4.39 Å². The number of imidazole rings is 1. The Morgan fingerprint density at radius 3 is 2.75 bits per heavy atom. The average molecular weight is 402 g/mol. The van der Waals surface area contributed by atoms with E-state index in [4.69, 9.17) is 17.3 Å². The highest BCUT2D eigenvalue weighted by molar-refractivity contribution is 5.85. The fraction of sp³-hybridized carbons (Fsp3) is 0.368. The number of nitrogens with zero attached hydrogens (tertiary/aromatic N) is 6. The molecule has 0 bridgehead atoms. The monoisotopic (exact) mass is 401 g/mol. The molecular weight excluding hydrogens is 381 g/mol. The Balaban J connectivity index is 0.00000225. The van der Waals surface area contributed by atoms with Crippen LogP contribution in [0.1, 0.15) is 17.8 Å². The summed E-state index contributed by atoms with van der Waals surface area (Å²) in [5, 5.41) is 0. The van der Waals surface area contributed by atoms with Gasteiger partial charge in [-0.2, -0.15) is 0 Å². The van der Waals surface area contributed by atoms with E-state index in [1.54, 1.807) is 18.5 Å². The Bertz CT molecular complexity index is 1010. The molecule has 2 aromatic heterocycles. The highest BCUT2D eigenvalue weighted by atomic mass is 35.5. The standard InChI is InChI=1S/C19H20FN7.ClH/c1-12-8-23-18(24-9-12)11-27-17-7-13(22-2)3-4-16(17)25-19(27)26-6-5-14(20)15(21)10-26;/h3-4,7-9,14-15H,5-6,10-11,21H2,1H3;1H/t14-,15?;/m1./s1. The maximum atomic E-state index is 13.8. The Morgan fingerprint density at radius 1 is 1.32 bits per heavy atom. The van der Waals surface area contributed by atoms with E-state index in [1.165, 1.54) is 0 Å². The second-order valence-corrected chi connectivity index (χ2v) is 6.87. The van der Waals surface area contributed by atoms with E-state index in [0.29, 0.717) is 43.5 Å². The number of benzene rings is 1. The Morgan fingerprint density at radius 2 is 2.07 bits per heavy atom. The molecule has 0 spiro atoms. The van der Waals surface area contributed by atoms with E-state index in [-0.39, 0.29) is 12.4 Å². The topological polar surface area (TPSA) is 77.2 Å². The van der Waals surface area contributed by atoms with Crippen LogP contribution in [0, 0.1) is 13.5 Å². The molecular formula is C19H21ClFN7. The number of piperidine rings is 1. The normalized spacial score (nSPS) is 19.3. The lowest BCUT2D eigenvalue weighted by molar-refractivity contribution is 0.243. The summed E-state index contributed by atoms with van der Waals surface area (Å²) in [6.07, 6.45) is 2.93. The van der Waals surface area contributed by atoms with Crippen LogP contribution in [0.15, 0.2) is 30.6 Å². The van der Waals surface area contributed by atoms with Gasteiger partial charge in [0.1, 0.15) is 12.0 Å². The number of nitrogens with two attached hydrogens (primary N) is 1. The number of aryl methyl sites for hydroxylation is 1. The van der Waals surface area contributed by atoms with Crippen molar-refractivity contribution in [1.82, 2.24) is 19.5 Å². The first kappa shape index (κ1) is 20.0. The molecule has 1 saturated heterocycles. The number of halogens is 2. The average Bonchev–Trinajstić information content (AvgIpc) is 3.03. The van der Waals surface area contributed by atoms with Crippen molar-refractivity contribution in [2.75, 3.05) is 18.0 Å². The van der Waals surface area contributed by atoms with Crippen molar-refractivity contribution in [3.63, 3.8) is 0 Å². The Labute approximate surface area is 168 Å². The highest BCUT2D eigenvalue weighted by Crippen LogP contribution is 2.29. The minimum atomic E-state index is -0.992. The van der Waals surface area contributed by atoms with Gasteiger partial charge in [0.2, 0.25) is 5.95 Å². The molecule has 0 saturated carbocycles. The van der Waals surface area contributed by atoms with Gasteiger partial charge in [-0.25, -0.2) is 24.2 Å². The Hall–Kier alpha value is -2.76. The van der Waals surface area contributed by atoms with E-state index in [2.05, 4.69) is 14.8 Å². The van der Waals surface area contributed by atoms with E-state index < -0.39 is 12.2 Å². The van der Waals surface area contributed by atoms with Gasteiger partial charge in [0, 0.05) is 25.5 Å². The first-order chi connectivity index (χ1) is 13.0. The maximum Gasteiger partial charge on any atom is 0.206 e. The van der Waals surface area contributed by atoms with Gasteiger partial charge in [0.05, 0.1) is 30.2 Å². The van der Waals surface area contributed by atoms with Crippen molar-refractivity contribution in [3.05, 3.63) is 53.4 Å². The smallest absolute Gasteiger partial charge is 0.206 e. The lowest BCUT2D eigenvalue weighted by Gasteiger charge is -2.34. The van der Waals surface area contributed by atoms with Crippen LogP contribution in [0.5, 0.6) is 0 Å². The quantitative estimate of drug-likeness (QED) is 0.682. The second kappa shape index (κ2) is 8.09. The molecule has 1 fully saturated rings. The van der Waals surface area contributed by atoms with E-state index >= 15 is 0 Å². The molecule has 3 aromatic rings. The molecule has 0 radical (unpaired) electrons. The third kappa shape index (κ3) is 3.77. The largest absolute Gasteiger partial charge is 0.340 e. The summed E-state index contributed by atoms with van der Waals surface area (Å²) in [6.45, 7) is 10.6. The number of rotatable bonds is 3. The summed E-state index contributed by atoms with van der Waals surface area (Å²) in [5.74, 6) is 1.36. The van der Waals surface area contributed by atoms with Crippen LogP contribution in [-0.4, -0.2) is 44.8 Å². The van der Waals surface area contributed by atoms with Gasteiger partial charge < -0.3 is 15.2 Å². The summed E-state index contributed by atoms with van der Waals surface area (Å²) in [7, 11) is 0. The summed E-state index contributed by atoms with van der Waals surface area (Å²) < 4.78 is 15.8. The highest BCUT2D eigenvalue weighted by Gasteiger charge is 2.29. The molecule has 2 atom stereocenters. The van der Waals surface area contributed by atoms with Crippen LogP contribution in [0.25, 0.3) is 15.9 Å². The van der Waals surface area contributed by atoms with Gasteiger partial charge in [0.15, 0.2) is 5.69 Å². The number of fused-ring (bicyclic) bond motifs is 1. The third-order valence-corrected chi connectivity index (χ3v) is 4.83. The first-order valence-corrected chi connectivity index (χ1v) is 8.85. The summed E-state index contributed by atoms with van der Waals surface area (Å²) in [4.78, 5) is 19.0. The van der Waals surface area contributed by atoms with Crippen molar-refractivity contribution < 1.29 is 4.39 Å². The van der Waals surface area contributed by atoms with Crippen molar-refractivity contribution in [3.8, 4) is 0 Å². The predicted octanol–water partition coefficient (Wildman–Crippen LogP) is 3.03. The molecule has 1 aliphatic heterocycles. The second-order valence-electron chi connectivity index (χ2n) is 6.87. The molecule has 0 amide bonds. The Kier molecular flexibility index (Phi) is 5.77. The van der Waals surface area contributed by atoms with Gasteiger partial charge in [-0.3, -0.25) is 0 Å². The zero-order valence-electron chi connectivity index (χ0n) is 15.4. The van der Waals surface area contributed by atoms with E-state index in [1.807, 2.05) is 28.5 Å². The summed E-state index contributed by atoms with van der Waals surface area (Å²) in [5.41, 5.74) is 9.08. The number of anilines is 1. The molecule has 2 N–H and O–H groups in total. The molecule has 1 aliphatic rings.